The fraction of sp³-hybridized carbons (Fsp3) is 0.211. The van der Waals surface area contributed by atoms with E-state index in [1.54, 1.807) is 36.4 Å². The first-order valence-electron chi connectivity index (χ1n) is 7.81. The van der Waals surface area contributed by atoms with Gasteiger partial charge in [-0.3, -0.25) is 4.79 Å². The van der Waals surface area contributed by atoms with Crippen LogP contribution in [0.5, 0.6) is 11.5 Å². The van der Waals surface area contributed by atoms with Crippen LogP contribution in [0.2, 0.25) is 0 Å². The number of nitrogens with one attached hydrogen (secondary N) is 1. The largest absolute Gasteiger partial charge is 0.507 e. The van der Waals surface area contributed by atoms with Crippen molar-refractivity contribution in [3.8, 4) is 17.6 Å². The molecule has 0 radical (unpaired) electrons. The van der Waals surface area contributed by atoms with Crippen molar-refractivity contribution < 1.29 is 14.6 Å². The van der Waals surface area contributed by atoms with Crippen molar-refractivity contribution in [1.82, 2.24) is 5.43 Å². The maximum absolute atomic E-state index is 11.9. The first-order valence-corrected chi connectivity index (χ1v) is 7.81. The van der Waals surface area contributed by atoms with Crippen molar-refractivity contribution in [1.29, 1.82) is 5.26 Å². The molecule has 0 saturated carbocycles. The Hall–Kier alpha value is -3.33. The molecule has 0 aromatic heterocycles. The number of rotatable bonds is 6. The van der Waals surface area contributed by atoms with Crippen LogP contribution in [0.25, 0.3) is 0 Å². The van der Waals surface area contributed by atoms with Gasteiger partial charge in [-0.25, -0.2) is 5.43 Å². The highest BCUT2D eigenvalue weighted by molar-refractivity contribution is 6.03. The highest BCUT2D eigenvalue weighted by Gasteiger charge is 2.09. The highest BCUT2D eigenvalue weighted by Crippen LogP contribution is 2.20. The number of nitriles is 1. The molecule has 0 spiro atoms. The first kappa shape index (κ1) is 18.0. The molecule has 2 N–H and O–H groups in total. The number of carbonyl (C=O) groups excluding carboxylic acids is 1. The molecule has 0 bridgehead atoms. The van der Waals surface area contributed by atoms with Crippen molar-refractivity contribution in [3.05, 3.63) is 59.2 Å². The number of aryl methyl sites for hydroxylation is 1. The summed E-state index contributed by atoms with van der Waals surface area (Å²) >= 11 is 0. The lowest BCUT2D eigenvalue weighted by Gasteiger charge is -2.09. The van der Waals surface area contributed by atoms with Crippen LogP contribution in [0.3, 0.4) is 0 Å². The van der Waals surface area contributed by atoms with Crippen molar-refractivity contribution in [2.24, 2.45) is 5.10 Å². The predicted molar refractivity (Wildman–Crippen MR) is 94.5 cm³/mol. The molecule has 0 heterocycles. The van der Waals surface area contributed by atoms with Gasteiger partial charge in [-0.1, -0.05) is 18.6 Å². The third-order valence-electron chi connectivity index (χ3n) is 3.47. The van der Waals surface area contributed by atoms with Gasteiger partial charge in [0, 0.05) is 5.56 Å². The van der Waals surface area contributed by atoms with Crippen LogP contribution < -0.4 is 10.2 Å². The molecule has 2 rings (SSSR count). The fourth-order valence-corrected chi connectivity index (χ4v) is 2.15. The van der Waals surface area contributed by atoms with Gasteiger partial charge in [0.15, 0.2) is 6.61 Å². The van der Waals surface area contributed by atoms with Crippen molar-refractivity contribution in [3.63, 3.8) is 0 Å². The minimum absolute atomic E-state index is 0.120. The molecule has 0 aliphatic heterocycles. The lowest BCUT2D eigenvalue weighted by Crippen LogP contribution is -2.26. The molecule has 128 valence electrons. The number of nitrogens with zero attached hydrogens (tertiary/aromatic N) is 2. The molecular weight excluding hydrogens is 318 g/mol. The molecule has 25 heavy (non-hydrogen) atoms. The number of phenolic OH excluding ortho intramolecular Hbond substituents is 1. The summed E-state index contributed by atoms with van der Waals surface area (Å²) < 4.78 is 5.34. The molecule has 0 fully saturated rings. The number of carbonyl (C=O) groups is 1. The Balaban J connectivity index is 1.97. The Morgan fingerprint density at radius 2 is 2.00 bits per heavy atom. The van der Waals surface area contributed by atoms with Crippen molar-refractivity contribution in [2.45, 2.75) is 20.3 Å². The van der Waals surface area contributed by atoms with Crippen molar-refractivity contribution >= 4 is 11.6 Å². The number of hydrazone groups is 1. The maximum Gasteiger partial charge on any atom is 0.277 e. The molecule has 2 aromatic carbocycles. The second kappa shape index (κ2) is 8.50. The Morgan fingerprint density at radius 1 is 1.28 bits per heavy atom. The van der Waals surface area contributed by atoms with Crippen LogP contribution in [0, 0.1) is 18.3 Å². The summed E-state index contributed by atoms with van der Waals surface area (Å²) in [6.07, 6.45) is 0.549. The van der Waals surface area contributed by atoms with Gasteiger partial charge in [0.1, 0.15) is 11.5 Å². The number of hydrogen-bond acceptors (Lipinski definition) is 5. The number of hydrogen-bond donors (Lipinski definition) is 2. The number of phenols is 1. The summed E-state index contributed by atoms with van der Waals surface area (Å²) in [4.78, 5) is 11.9. The second-order valence-electron chi connectivity index (χ2n) is 5.39. The molecule has 0 saturated heterocycles. The fourth-order valence-electron chi connectivity index (χ4n) is 2.15. The molecule has 2 aromatic rings. The summed E-state index contributed by atoms with van der Waals surface area (Å²) in [6.45, 7) is 3.60. The van der Waals surface area contributed by atoms with Crippen LogP contribution in [0.4, 0.5) is 0 Å². The zero-order chi connectivity index (χ0) is 18.2. The van der Waals surface area contributed by atoms with E-state index in [0.29, 0.717) is 29.0 Å². The standard InChI is InChI=1S/C19H19N3O3/c1-3-17(16-10-13(2)4-9-18(16)23)21-22-19(24)12-25-15-7-5-14(11-20)6-8-15/h4-10,23H,3,12H2,1-2H3,(H,22,24)/b21-17+. The Bertz CT molecular complexity index is 821. The van der Waals surface area contributed by atoms with E-state index in [-0.39, 0.29) is 12.4 Å². The molecule has 6 heteroatoms. The summed E-state index contributed by atoms with van der Waals surface area (Å²) in [5, 5.41) is 22.8. The van der Waals surface area contributed by atoms with Crippen molar-refractivity contribution in [2.75, 3.05) is 6.61 Å². The Kier molecular flexibility index (Phi) is 6.13. The molecule has 0 aliphatic carbocycles. The Labute approximate surface area is 146 Å². The van der Waals surface area contributed by atoms with E-state index in [1.165, 1.54) is 0 Å². The molecule has 0 unspecified atom stereocenters. The first-order chi connectivity index (χ1) is 12.0. The number of aromatic hydroxyl groups is 1. The van der Waals surface area contributed by atoms with E-state index in [2.05, 4.69) is 10.5 Å². The maximum atomic E-state index is 11.9. The Morgan fingerprint density at radius 3 is 2.64 bits per heavy atom. The van der Waals surface area contributed by atoms with E-state index >= 15 is 0 Å². The molecule has 0 atom stereocenters. The van der Waals surface area contributed by atoms with Gasteiger partial charge in [-0.15, -0.1) is 0 Å². The van der Waals surface area contributed by atoms with E-state index < -0.39 is 5.91 Å². The van der Waals surface area contributed by atoms with Gasteiger partial charge in [0.25, 0.3) is 5.91 Å². The molecule has 1 amide bonds. The van der Waals surface area contributed by atoms with E-state index in [9.17, 15) is 9.90 Å². The summed E-state index contributed by atoms with van der Waals surface area (Å²) in [7, 11) is 0. The van der Waals surface area contributed by atoms with Crippen LogP contribution >= 0.6 is 0 Å². The average Bonchev–Trinajstić information content (AvgIpc) is 2.63. The topological polar surface area (TPSA) is 94.7 Å². The van der Waals surface area contributed by atoms with Crippen LogP contribution in [0.15, 0.2) is 47.6 Å². The van der Waals surface area contributed by atoms with Gasteiger partial charge >= 0.3 is 0 Å². The van der Waals surface area contributed by atoms with Crippen LogP contribution in [0.1, 0.15) is 30.0 Å². The van der Waals surface area contributed by atoms with Gasteiger partial charge in [-0.05, 0) is 49.7 Å². The van der Waals surface area contributed by atoms with Gasteiger partial charge in [0.2, 0.25) is 0 Å². The summed E-state index contributed by atoms with van der Waals surface area (Å²) in [5.41, 5.74) is 5.11. The lowest BCUT2D eigenvalue weighted by molar-refractivity contribution is -0.123. The number of ether oxygens (including phenoxy) is 1. The van der Waals surface area contributed by atoms with Gasteiger partial charge < -0.3 is 9.84 Å². The number of benzene rings is 2. The zero-order valence-electron chi connectivity index (χ0n) is 14.1. The highest BCUT2D eigenvalue weighted by atomic mass is 16.5. The second-order valence-corrected chi connectivity index (χ2v) is 5.39. The van der Waals surface area contributed by atoms with E-state index in [0.717, 1.165) is 5.56 Å². The van der Waals surface area contributed by atoms with Crippen LogP contribution in [-0.4, -0.2) is 23.3 Å². The number of amides is 1. The smallest absolute Gasteiger partial charge is 0.277 e. The molecular formula is C19H19N3O3. The SMILES string of the molecule is CC/C(=N\NC(=O)COc1ccc(C#N)cc1)c1cc(C)ccc1O. The normalized spacial score (nSPS) is 10.8. The molecule has 6 nitrogen and oxygen atoms in total. The summed E-state index contributed by atoms with van der Waals surface area (Å²) in [5.74, 6) is 0.196. The summed E-state index contributed by atoms with van der Waals surface area (Å²) in [6, 6.07) is 13.7. The monoisotopic (exact) mass is 337 g/mol. The third kappa shape index (κ3) is 5.08. The molecule has 0 aliphatic rings. The zero-order valence-corrected chi connectivity index (χ0v) is 14.1. The minimum atomic E-state index is -0.414. The van der Waals surface area contributed by atoms with Gasteiger partial charge in [-0.2, -0.15) is 10.4 Å². The minimum Gasteiger partial charge on any atom is -0.507 e. The lowest BCUT2D eigenvalue weighted by atomic mass is 10.0. The van der Waals surface area contributed by atoms with Gasteiger partial charge in [0.05, 0.1) is 17.3 Å². The van der Waals surface area contributed by atoms with Crippen LogP contribution in [-0.2, 0) is 4.79 Å². The predicted octanol–water partition coefficient (Wildman–Crippen LogP) is 2.88. The average molecular weight is 337 g/mol. The van der Waals surface area contributed by atoms with E-state index in [1.807, 2.05) is 26.0 Å². The van der Waals surface area contributed by atoms with E-state index in [4.69, 9.17) is 10.00 Å². The third-order valence-corrected chi connectivity index (χ3v) is 3.47. The quantitative estimate of drug-likeness (QED) is 0.626.